The van der Waals surface area contributed by atoms with Crippen LogP contribution in [-0.4, -0.2) is 155 Å². The third-order valence-electron chi connectivity index (χ3n) is 11.5. The highest BCUT2D eigenvalue weighted by Crippen LogP contribution is 2.38. The van der Waals surface area contributed by atoms with Gasteiger partial charge in [0.15, 0.2) is 12.1 Å². The van der Waals surface area contributed by atoms with Gasteiger partial charge >= 0.3 is 11.9 Å². The molecule has 63 heavy (non-hydrogen) atoms. The van der Waals surface area contributed by atoms with E-state index in [1.165, 1.54) is 0 Å². The fourth-order valence-electron chi connectivity index (χ4n) is 7.75. The second kappa shape index (κ2) is 27.2. The van der Waals surface area contributed by atoms with Gasteiger partial charge in [0.2, 0.25) is 0 Å². The van der Waals surface area contributed by atoms with Gasteiger partial charge in [-0.15, -0.1) is 0 Å². The average molecular weight is 894 g/mol. The van der Waals surface area contributed by atoms with Gasteiger partial charge in [0.1, 0.15) is 18.1 Å². The Bertz CT molecular complexity index is 1600. The summed E-state index contributed by atoms with van der Waals surface area (Å²) in [7, 11) is 0. The summed E-state index contributed by atoms with van der Waals surface area (Å²) in [6.07, 6.45) is 8.87. The molecule has 17 atom stereocenters. The van der Waals surface area contributed by atoms with Crippen molar-refractivity contribution >= 4 is 11.9 Å². The molecule has 0 aromatic heterocycles. The molecule has 3 rings (SSSR count). The number of carboxylic acid groups (broad SMARTS) is 1. The molecule has 0 aromatic rings. The van der Waals surface area contributed by atoms with Crippen LogP contribution in [0.1, 0.15) is 78.6 Å². The summed E-state index contributed by atoms with van der Waals surface area (Å²) in [6.45, 7) is 5.02. The van der Waals surface area contributed by atoms with Crippen LogP contribution in [0.4, 0.5) is 0 Å². The zero-order valence-electron chi connectivity index (χ0n) is 36.4. The predicted molar refractivity (Wildman–Crippen MR) is 231 cm³/mol. The van der Waals surface area contributed by atoms with Crippen LogP contribution in [0.25, 0.3) is 0 Å². The molecule has 3 aliphatic rings. The van der Waals surface area contributed by atoms with Gasteiger partial charge in [-0.05, 0) is 39.0 Å². The smallest absolute Gasteiger partial charge is 0.311 e. The number of esters is 1. The molecule has 2 saturated heterocycles. The highest BCUT2D eigenvalue weighted by atomic mass is 16.7. The molecule has 17 nitrogen and oxygen atoms in total. The Labute approximate surface area is 369 Å². The summed E-state index contributed by atoms with van der Waals surface area (Å²) >= 11 is 0. The number of aliphatic hydroxyl groups is 9. The van der Waals surface area contributed by atoms with E-state index in [0.29, 0.717) is 0 Å². The summed E-state index contributed by atoms with van der Waals surface area (Å²) < 4.78 is 22.9. The Morgan fingerprint density at radius 3 is 1.87 bits per heavy atom. The van der Waals surface area contributed by atoms with E-state index < -0.39 is 128 Å². The van der Waals surface area contributed by atoms with Gasteiger partial charge in [0.25, 0.3) is 0 Å². The highest BCUT2D eigenvalue weighted by Gasteiger charge is 2.50. The molecule has 0 amide bonds. The molecule has 3 heterocycles. The summed E-state index contributed by atoms with van der Waals surface area (Å²) in [5.74, 6) is -6.49. The van der Waals surface area contributed by atoms with Crippen LogP contribution < -0.4 is 5.73 Å². The van der Waals surface area contributed by atoms with Crippen LogP contribution in [0.5, 0.6) is 0 Å². The van der Waals surface area contributed by atoms with E-state index in [4.69, 9.17) is 24.7 Å². The minimum absolute atomic E-state index is 0.0542. The number of aliphatic carboxylic acids is 1. The molecule has 12 N–H and O–H groups in total. The lowest BCUT2D eigenvalue weighted by atomic mass is 9.83. The Hall–Kier alpha value is -3.40. The zero-order valence-corrected chi connectivity index (χ0v) is 36.4. The standard InChI is InChI=1S/C46H71NO16/c1-28-17-14-12-10-8-6-4-5-7-9-11-13-15-20-35(62-45-43(56)41(47)37(53)27-60-45)24-38-40(44(57)58)36(52)26-46(59,63-38)25-32(49)19-16-18-31(48)21-33(50)22-34(51)23-39(54)61-30(3)29(2)42(28)55/h4-15,17,20,28-38,40-43,45,48-53,55-56,59H,16,18-19,21-27,47H2,1-3H3,(H,57,58)/b5-4+,8-6+,9-7+,12-10+,13-11+,17-14+,20-15+/t28-,29-,30-,31+,32-,33+,34+,35-,36-,37?,38?,40+,41?,42+,43?,45?,46+/m0/s1. The number of allylic oxidation sites excluding steroid dienone is 12. The molecule has 2 fully saturated rings. The second-order valence-electron chi connectivity index (χ2n) is 17.0. The molecule has 356 valence electrons. The van der Waals surface area contributed by atoms with Gasteiger partial charge in [-0.25, -0.2) is 0 Å². The van der Waals surface area contributed by atoms with E-state index in [9.17, 15) is 60.7 Å². The summed E-state index contributed by atoms with van der Waals surface area (Å²) in [5, 5.41) is 107. The Kier molecular flexibility index (Phi) is 23.3. The maximum absolute atomic E-state index is 12.6. The van der Waals surface area contributed by atoms with E-state index in [2.05, 4.69) is 0 Å². The molecule has 3 aliphatic heterocycles. The summed E-state index contributed by atoms with van der Waals surface area (Å²) in [6, 6.07) is -1.10. The number of rotatable bonds is 3. The molecule has 5 unspecified atom stereocenters. The van der Waals surface area contributed by atoms with Gasteiger partial charge in [-0.2, -0.15) is 0 Å². The number of carbonyl (C=O) groups is 2. The van der Waals surface area contributed by atoms with Crippen LogP contribution in [-0.2, 0) is 28.5 Å². The van der Waals surface area contributed by atoms with E-state index in [1.807, 2.05) is 37.3 Å². The molecule has 0 saturated carbocycles. The lowest BCUT2D eigenvalue weighted by Crippen LogP contribution is -2.59. The van der Waals surface area contributed by atoms with E-state index >= 15 is 0 Å². The maximum atomic E-state index is 12.6. The molecule has 0 aromatic carbocycles. The van der Waals surface area contributed by atoms with Crippen molar-refractivity contribution in [1.82, 2.24) is 0 Å². The minimum atomic E-state index is -2.17. The number of carboxylic acids is 1. The number of fused-ring (bicyclic) bond motifs is 2. The van der Waals surface area contributed by atoms with Gasteiger partial charge in [-0.3, -0.25) is 9.59 Å². The van der Waals surface area contributed by atoms with Crippen LogP contribution >= 0.6 is 0 Å². The summed E-state index contributed by atoms with van der Waals surface area (Å²) in [4.78, 5) is 25.0. The predicted octanol–water partition coefficient (Wildman–Crippen LogP) is 1.35. The Morgan fingerprint density at radius 1 is 0.714 bits per heavy atom. The van der Waals surface area contributed by atoms with Gasteiger partial charge in [0.05, 0.1) is 74.0 Å². The number of aliphatic hydroxyl groups excluding tert-OH is 8. The largest absolute Gasteiger partial charge is 0.481 e. The van der Waals surface area contributed by atoms with Crippen molar-refractivity contribution < 1.29 is 79.6 Å². The Morgan fingerprint density at radius 2 is 1.27 bits per heavy atom. The SMILES string of the molecule is C[C@@H]1[C@H](O)[C@@H](C)/C=C/C=C/C=C/C=C/C=C/C=C/C=C/[C@H](OC2OCC(O)C(N)C2O)CC2O[C@](O)(C[C@@H](O)CCC[C@@H](O)C[C@@H](O)C[C@@H](O)CC(=O)O[C@H]1C)C[C@H](O)[C@H]2C(=O)O. The molecular weight excluding hydrogens is 822 g/mol. The van der Waals surface area contributed by atoms with Crippen molar-refractivity contribution in [2.75, 3.05) is 6.61 Å². The summed E-state index contributed by atoms with van der Waals surface area (Å²) in [5.41, 5.74) is 5.94. The lowest BCUT2D eigenvalue weighted by molar-refractivity contribution is -0.305. The molecule has 0 aliphatic carbocycles. The number of hydrogen-bond acceptors (Lipinski definition) is 16. The highest BCUT2D eigenvalue weighted by molar-refractivity contribution is 5.71. The molecular formula is C46H71NO16. The van der Waals surface area contributed by atoms with Crippen molar-refractivity contribution in [2.24, 2.45) is 23.5 Å². The number of ether oxygens (including phenoxy) is 4. The first kappa shape index (κ1) is 53.9. The van der Waals surface area contributed by atoms with Crippen molar-refractivity contribution in [2.45, 2.75) is 164 Å². The topological polar surface area (TPSA) is 299 Å². The fourth-order valence-corrected chi connectivity index (χ4v) is 7.75. The number of carbonyl (C=O) groups excluding carboxylic acids is 1. The molecule has 0 spiro atoms. The first-order chi connectivity index (χ1) is 29.8. The zero-order chi connectivity index (χ0) is 46.7. The van der Waals surface area contributed by atoms with E-state index in [1.54, 1.807) is 68.5 Å². The van der Waals surface area contributed by atoms with E-state index in [-0.39, 0.29) is 51.0 Å². The van der Waals surface area contributed by atoms with Crippen molar-refractivity contribution in [1.29, 1.82) is 0 Å². The van der Waals surface area contributed by atoms with Gasteiger partial charge < -0.3 is 75.7 Å². The second-order valence-corrected chi connectivity index (χ2v) is 17.0. The third kappa shape index (κ3) is 18.9. The van der Waals surface area contributed by atoms with Crippen LogP contribution in [0.3, 0.4) is 0 Å². The van der Waals surface area contributed by atoms with Crippen molar-refractivity contribution in [3.05, 3.63) is 85.1 Å². The first-order valence-corrected chi connectivity index (χ1v) is 21.8. The van der Waals surface area contributed by atoms with Crippen molar-refractivity contribution in [3.63, 3.8) is 0 Å². The maximum Gasteiger partial charge on any atom is 0.311 e. The Balaban J connectivity index is 1.81. The molecule has 0 radical (unpaired) electrons. The number of cyclic esters (lactones) is 1. The van der Waals surface area contributed by atoms with E-state index in [0.717, 1.165) is 0 Å². The quantitative estimate of drug-likeness (QED) is 0.178. The number of hydrogen-bond donors (Lipinski definition) is 11. The minimum Gasteiger partial charge on any atom is -0.481 e. The molecule has 2 bridgehead atoms. The van der Waals surface area contributed by atoms with Crippen LogP contribution in [0, 0.1) is 17.8 Å². The first-order valence-electron chi connectivity index (χ1n) is 21.8. The van der Waals surface area contributed by atoms with Crippen molar-refractivity contribution in [3.8, 4) is 0 Å². The normalized spacial score (nSPS) is 44.2. The monoisotopic (exact) mass is 893 g/mol. The molecule has 17 heteroatoms. The van der Waals surface area contributed by atoms with Crippen LogP contribution in [0.2, 0.25) is 0 Å². The van der Waals surface area contributed by atoms with Gasteiger partial charge in [-0.1, -0.05) is 98.9 Å². The third-order valence-corrected chi connectivity index (χ3v) is 11.5. The van der Waals surface area contributed by atoms with Crippen LogP contribution in [0.15, 0.2) is 85.1 Å². The average Bonchev–Trinajstić information content (AvgIpc) is 3.19. The fraction of sp³-hybridized carbons (Fsp3) is 0.652. The lowest BCUT2D eigenvalue weighted by Gasteiger charge is -2.45. The number of nitrogens with two attached hydrogens (primary N) is 1. The van der Waals surface area contributed by atoms with Gasteiger partial charge in [0, 0.05) is 31.1 Å².